The van der Waals surface area contributed by atoms with Gasteiger partial charge < -0.3 is 11.1 Å². The van der Waals surface area contributed by atoms with E-state index in [4.69, 9.17) is 5.73 Å². The number of carbonyl (C=O) groups is 1. The fourth-order valence-electron chi connectivity index (χ4n) is 4.83. The highest BCUT2D eigenvalue weighted by molar-refractivity contribution is 7.18. The monoisotopic (exact) mass is 545 g/mol. The van der Waals surface area contributed by atoms with Crippen molar-refractivity contribution in [2.24, 2.45) is 5.73 Å². The zero-order chi connectivity index (χ0) is 27.0. The molecule has 1 aliphatic heterocycles. The number of nitriles is 1. The van der Waals surface area contributed by atoms with Crippen LogP contribution in [-0.4, -0.2) is 50.6 Å². The molecule has 5 rings (SSSR count). The summed E-state index contributed by atoms with van der Waals surface area (Å²) in [6.07, 6.45) is -4.40. The lowest BCUT2D eigenvalue weighted by molar-refractivity contribution is -0.127. The standard InChI is InChI=1S/C25H23F4N7OS/c26-21(22(31)37)36-17(11-30)8-15-7-14(1-2-20(15)36)12-35-5-3-16(4-6-35)34-23-19-9-18(10-25(27,28)29)38-24(19)33-13-32-23/h1-2,7-9,13,16,21H,3-6,10,12H2,(H2,31,37)(H,32,33,34). The molecule has 1 saturated heterocycles. The Kier molecular flexibility index (Phi) is 6.93. The molecular formula is C25H23F4N7OS. The molecule has 0 bridgehead atoms. The van der Waals surface area contributed by atoms with E-state index < -0.39 is 24.8 Å². The van der Waals surface area contributed by atoms with Crippen LogP contribution in [0.2, 0.25) is 0 Å². The second-order valence-corrected chi connectivity index (χ2v) is 10.4. The summed E-state index contributed by atoms with van der Waals surface area (Å²) in [5.41, 5.74) is 6.52. The molecule has 3 N–H and O–H groups in total. The van der Waals surface area contributed by atoms with Crippen LogP contribution < -0.4 is 11.1 Å². The number of hydrogen-bond donors (Lipinski definition) is 2. The first-order valence-corrected chi connectivity index (χ1v) is 12.7. The summed E-state index contributed by atoms with van der Waals surface area (Å²) in [5, 5.41) is 14.0. The van der Waals surface area contributed by atoms with Crippen LogP contribution >= 0.6 is 11.3 Å². The molecule has 0 aliphatic carbocycles. The first-order chi connectivity index (χ1) is 18.1. The summed E-state index contributed by atoms with van der Waals surface area (Å²) < 4.78 is 53.8. The summed E-state index contributed by atoms with van der Waals surface area (Å²) in [4.78, 5) is 22.8. The molecule has 1 atom stereocenters. The van der Waals surface area contributed by atoms with E-state index in [1.165, 1.54) is 18.5 Å². The molecule has 3 aromatic heterocycles. The maximum Gasteiger partial charge on any atom is 0.393 e. The molecule has 4 aromatic rings. The van der Waals surface area contributed by atoms with Crippen molar-refractivity contribution in [3.8, 4) is 6.07 Å². The van der Waals surface area contributed by atoms with Gasteiger partial charge in [-0.2, -0.15) is 18.4 Å². The molecule has 8 nitrogen and oxygen atoms in total. The fourth-order valence-corrected chi connectivity index (χ4v) is 5.86. The summed E-state index contributed by atoms with van der Waals surface area (Å²) >= 11 is 1.03. The quantitative estimate of drug-likeness (QED) is 0.327. The van der Waals surface area contributed by atoms with Crippen molar-refractivity contribution in [3.05, 3.63) is 52.8 Å². The first kappa shape index (κ1) is 25.9. The minimum absolute atomic E-state index is 0.0188. The number of piperidine rings is 1. The van der Waals surface area contributed by atoms with Crippen LogP contribution in [0.1, 0.15) is 35.3 Å². The third-order valence-electron chi connectivity index (χ3n) is 6.57. The molecule has 13 heteroatoms. The molecule has 4 heterocycles. The largest absolute Gasteiger partial charge is 0.393 e. The van der Waals surface area contributed by atoms with Gasteiger partial charge in [0.2, 0.25) is 0 Å². The van der Waals surface area contributed by atoms with E-state index in [2.05, 4.69) is 20.2 Å². The van der Waals surface area contributed by atoms with Crippen LogP contribution in [0.15, 0.2) is 36.7 Å². The maximum atomic E-state index is 14.4. The Balaban J connectivity index is 1.23. The first-order valence-electron chi connectivity index (χ1n) is 11.9. The van der Waals surface area contributed by atoms with E-state index in [1.807, 2.05) is 18.2 Å². The normalized spacial score (nSPS) is 16.1. The maximum absolute atomic E-state index is 14.4. The molecule has 198 valence electrons. The Hall–Kier alpha value is -3.76. The minimum atomic E-state index is -4.28. The Morgan fingerprint density at radius 1 is 1.24 bits per heavy atom. The Bertz CT molecular complexity index is 1530. The number of carbonyl (C=O) groups excluding carboxylic acids is 1. The average molecular weight is 546 g/mol. The second kappa shape index (κ2) is 10.2. The Morgan fingerprint density at radius 3 is 2.68 bits per heavy atom. The van der Waals surface area contributed by atoms with E-state index in [-0.39, 0.29) is 16.6 Å². The van der Waals surface area contributed by atoms with Gasteiger partial charge in [0.1, 0.15) is 28.7 Å². The van der Waals surface area contributed by atoms with Crippen molar-refractivity contribution in [1.82, 2.24) is 19.4 Å². The summed E-state index contributed by atoms with van der Waals surface area (Å²) in [7, 11) is 0. The molecule has 0 spiro atoms. The number of primary amides is 1. The van der Waals surface area contributed by atoms with E-state index in [0.717, 1.165) is 47.4 Å². The number of nitrogens with two attached hydrogens (primary N) is 1. The van der Waals surface area contributed by atoms with Crippen LogP contribution in [0.5, 0.6) is 0 Å². The van der Waals surface area contributed by atoms with Gasteiger partial charge in [-0.3, -0.25) is 14.3 Å². The highest BCUT2D eigenvalue weighted by Crippen LogP contribution is 2.33. The number of aromatic nitrogens is 3. The van der Waals surface area contributed by atoms with Crippen molar-refractivity contribution in [2.75, 3.05) is 18.4 Å². The van der Waals surface area contributed by atoms with Crippen LogP contribution in [0.4, 0.5) is 23.4 Å². The predicted octanol–water partition coefficient (Wildman–Crippen LogP) is 4.65. The van der Waals surface area contributed by atoms with Crippen LogP contribution in [-0.2, 0) is 17.8 Å². The number of nitrogens with zero attached hydrogens (tertiary/aromatic N) is 5. The third-order valence-corrected chi connectivity index (χ3v) is 7.61. The van der Waals surface area contributed by atoms with E-state index in [1.54, 1.807) is 6.07 Å². The number of hydrogen-bond acceptors (Lipinski definition) is 7. The number of alkyl halides is 4. The van der Waals surface area contributed by atoms with Gasteiger partial charge in [-0.1, -0.05) is 6.07 Å². The second-order valence-electron chi connectivity index (χ2n) is 9.28. The van der Waals surface area contributed by atoms with Crippen molar-refractivity contribution >= 4 is 44.2 Å². The molecule has 1 aromatic carbocycles. The number of halogens is 4. The number of thiophene rings is 1. The smallest absolute Gasteiger partial charge is 0.367 e. The van der Waals surface area contributed by atoms with Gasteiger partial charge in [0.05, 0.1) is 17.3 Å². The molecule has 0 radical (unpaired) electrons. The van der Waals surface area contributed by atoms with Crippen LogP contribution in [0.3, 0.4) is 0 Å². The average Bonchev–Trinajstić information content (AvgIpc) is 3.44. The van der Waals surface area contributed by atoms with E-state index in [0.29, 0.717) is 33.5 Å². The number of benzene rings is 1. The molecule has 38 heavy (non-hydrogen) atoms. The molecule has 1 amide bonds. The fraction of sp³-hybridized carbons (Fsp3) is 0.360. The lowest BCUT2D eigenvalue weighted by Crippen LogP contribution is -2.38. The zero-order valence-electron chi connectivity index (χ0n) is 20.0. The number of likely N-dealkylation sites (tertiary alicyclic amines) is 1. The van der Waals surface area contributed by atoms with Gasteiger partial charge in [-0.15, -0.1) is 11.3 Å². The SMILES string of the molecule is N#Cc1cc2cc(CN3CCC(Nc4ncnc5sc(CC(F)(F)F)cc45)CC3)ccc2n1C(F)C(N)=O. The summed E-state index contributed by atoms with van der Waals surface area (Å²) in [6, 6.07) is 10.5. The summed E-state index contributed by atoms with van der Waals surface area (Å²) in [5.74, 6) is -0.619. The number of anilines is 1. The van der Waals surface area contributed by atoms with Crippen molar-refractivity contribution in [2.45, 2.75) is 44.3 Å². The molecule has 1 aliphatic rings. The molecule has 1 unspecified atom stereocenters. The summed E-state index contributed by atoms with van der Waals surface area (Å²) in [6.45, 7) is 2.21. The molecular weight excluding hydrogens is 522 g/mol. The lowest BCUT2D eigenvalue weighted by atomic mass is 10.0. The zero-order valence-corrected chi connectivity index (χ0v) is 20.8. The number of fused-ring (bicyclic) bond motifs is 2. The van der Waals surface area contributed by atoms with Crippen molar-refractivity contribution in [3.63, 3.8) is 0 Å². The van der Waals surface area contributed by atoms with Gasteiger partial charge >= 0.3 is 6.18 Å². The van der Waals surface area contributed by atoms with Gasteiger partial charge in [0, 0.05) is 35.9 Å². The van der Waals surface area contributed by atoms with Crippen LogP contribution in [0, 0.1) is 11.3 Å². The van der Waals surface area contributed by atoms with Gasteiger partial charge in [0.25, 0.3) is 12.2 Å². The van der Waals surface area contributed by atoms with E-state index >= 15 is 0 Å². The Morgan fingerprint density at radius 2 is 2.00 bits per heavy atom. The van der Waals surface area contributed by atoms with E-state index in [9.17, 15) is 27.6 Å². The van der Waals surface area contributed by atoms with Crippen LogP contribution in [0.25, 0.3) is 21.1 Å². The van der Waals surface area contributed by atoms with Crippen molar-refractivity contribution < 1.29 is 22.4 Å². The topological polar surface area (TPSA) is 113 Å². The van der Waals surface area contributed by atoms with Gasteiger partial charge in [0.15, 0.2) is 0 Å². The third kappa shape index (κ3) is 5.41. The highest BCUT2D eigenvalue weighted by atomic mass is 32.1. The predicted molar refractivity (Wildman–Crippen MR) is 135 cm³/mol. The van der Waals surface area contributed by atoms with Gasteiger partial charge in [-0.05, 0) is 42.7 Å². The van der Waals surface area contributed by atoms with Gasteiger partial charge in [-0.25, -0.2) is 14.4 Å². The number of nitrogens with one attached hydrogen (secondary N) is 1. The van der Waals surface area contributed by atoms with Crippen molar-refractivity contribution in [1.29, 1.82) is 5.26 Å². The minimum Gasteiger partial charge on any atom is -0.367 e. The highest BCUT2D eigenvalue weighted by Gasteiger charge is 2.29. The number of rotatable bonds is 7. The number of amides is 1. The molecule has 1 fully saturated rings. The Labute approximate surface area is 218 Å². The lowest BCUT2D eigenvalue weighted by Gasteiger charge is -2.32. The molecule has 0 saturated carbocycles.